The minimum atomic E-state index is -0.297. The molecule has 0 spiro atoms. The molecule has 2 aromatic rings. The molecule has 0 saturated carbocycles. The van der Waals surface area contributed by atoms with Gasteiger partial charge in [-0.1, -0.05) is 6.07 Å². The van der Waals surface area contributed by atoms with E-state index in [2.05, 4.69) is 34.7 Å². The molecule has 0 aliphatic heterocycles. The molecule has 0 saturated heterocycles. The number of guanidine groups is 1. The molecule has 0 unspecified atom stereocenters. The number of aliphatic imine (C=N–C) groups is 1. The van der Waals surface area contributed by atoms with Crippen molar-refractivity contribution in [2.45, 2.75) is 13.5 Å². The number of rotatable bonds is 6. The monoisotopic (exact) mass is 449 g/mol. The van der Waals surface area contributed by atoms with E-state index in [1.807, 2.05) is 0 Å². The third-order valence-electron chi connectivity index (χ3n) is 2.91. The van der Waals surface area contributed by atoms with Gasteiger partial charge >= 0.3 is 0 Å². The summed E-state index contributed by atoms with van der Waals surface area (Å²) >= 11 is 1.76. The van der Waals surface area contributed by atoms with Gasteiger partial charge < -0.3 is 15.4 Å². The summed E-state index contributed by atoms with van der Waals surface area (Å²) in [7, 11) is 1.72. The van der Waals surface area contributed by atoms with Crippen LogP contribution in [0, 0.1) is 12.7 Å². The van der Waals surface area contributed by atoms with Crippen LogP contribution in [0.4, 0.5) is 4.39 Å². The first-order chi connectivity index (χ1) is 10.7. The van der Waals surface area contributed by atoms with E-state index in [1.165, 1.54) is 21.9 Å². The Hall–Kier alpha value is -1.35. The van der Waals surface area contributed by atoms with Crippen LogP contribution in [0.1, 0.15) is 9.75 Å². The van der Waals surface area contributed by atoms with E-state index in [4.69, 9.17) is 4.74 Å². The van der Waals surface area contributed by atoms with E-state index < -0.39 is 0 Å². The first-order valence-electron chi connectivity index (χ1n) is 7.05. The van der Waals surface area contributed by atoms with Gasteiger partial charge in [0, 0.05) is 22.9 Å². The van der Waals surface area contributed by atoms with Gasteiger partial charge in [-0.25, -0.2) is 4.39 Å². The normalized spacial score (nSPS) is 10.8. The highest BCUT2D eigenvalue weighted by molar-refractivity contribution is 14.0. The molecule has 2 N–H and O–H groups in total. The molecule has 23 heavy (non-hydrogen) atoms. The van der Waals surface area contributed by atoms with E-state index in [0.717, 1.165) is 6.54 Å². The van der Waals surface area contributed by atoms with Crippen molar-refractivity contribution < 1.29 is 9.13 Å². The lowest BCUT2D eigenvalue weighted by atomic mass is 10.3. The predicted octanol–water partition coefficient (Wildman–Crippen LogP) is 3.56. The van der Waals surface area contributed by atoms with Crippen molar-refractivity contribution >= 4 is 41.3 Å². The summed E-state index contributed by atoms with van der Waals surface area (Å²) in [6, 6.07) is 10.3. The molecule has 1 heterocycles. The van der Waals surface area contributed by atoms with Crippen molar-refractivity contribution in [1.82, 2.24) is 10.6 Å². The van der Waals surface area contributed by atoms with E-state index in [0.29, 0.717) is 24.9 Å². The van der Waals surface area contributed by atoms with E-state index in [1.54, 1.807) is 30.5 Å². The highest BCUT2D eigenvalue weighted by Gasteiger charge is 2.01. The Bertz CT molecular complexity index is 633. The molecule has 1 aromatic heterocycles. The Morgan fingerprint density at radius 3 is 2.74 bits per heavy atom. The van der Waals surface area contributed by atoms with Crippen molar-refractivity contribution in [2.24, 2.45) is 4.99 Å². The lowest BCUT2D eigenvalue weighted by molar-refractivity contribution is 0.320. The zero-order valence-corrected chi connectivity index (χ0v) is 16.3. The third kappa shape index (κ3) is 7.17. The van der Waals surface area contributed by atoms with Crippen LogP contribution in [0.3, 0.4) is 0 Å². The van der Waals surface area contributed by atoms with Crippen LogP contribution >= 0.6 is 35.3 Å². The van der Waals surface area contributed by atoms with Gasteiger partial charge in [0.1, 0.15) is 18.2 Å². The van der Waals surface area contributed by atoms with Gasteiger partial charge in [0.25, 0.3) is 0 Å². The molecule has 0 aliphatic carbocycles. The number of hydrogen-bond acceptors (Lipinski definition) is 3. The molecule has 0 radical (unpaired) electrons. The van der Waals surface area contributed by atoms with Crippen molar-refractivity contribution in [3.63, 3.8) is 0 Å². The van der Waals surface area contributed by atoms with Gasteiger partial charge in [-0.15, -0.1) is 35.3 Å². The quantitative estimate of drug-likeness (QED) is 0.307. The third-order valence-corrected chi connectivity index (χ3v) is 3.91. The number of thiophene rings is 1. The molecule has 4 nitrogen and oxygen atoms in total. The van der Waals surface area contributed by atoms with Crippen molar-refractivity contribution in [3.8, 4) is 5.75 Å². The minimum absolute atomic E-state index is 0. The zero-order chi connectivity index (χ0) is 15.8. The molecule has 0 amide bonds. The lowest BCUT2D eigenvalue weighted by Gasteiger charge is -2.12. The smallest absolute Gasteiger partial charge is 0.191 e. The van der Waals surface area contributed by atoms with Crippen LogP contribution in [-0.2, 0) is 6.54 Å². The summed E-state index contributed by atoms with van der Waals surface area (Å²) in [4.78, 5) is 6.71. The highest BCUT2D eigenvalue weighted by Crippen LogP contribution is 2.14. The maximum absolute atomic E-state index is 13.0. The molecule has 0 bridgehead atoms. The molecular formula is C16H21FIN3OS. The Morgan fingerprint density at radius 2 is 2.09 bits per heavy atom. The molecular weight excluding hydrogens is 428 g/mol. The second-order valence-corrected chi connectivity index (χ2v) is 6.04. The number of nitrogens with one attached hydrogen (secondary N) is 2. The average molecular weight is 449 g/mol. The maximum Gasteiger partial charge on any atom is 0.191 e. The Labute approximate surface area is 157 Å². The lowest BCUT2D eigenvalue weighted by Crippen LogP contribution is -2.38. The fourth-order valence-electron chi connectivity index (χ4n) is 1.87. The summed E-state index contributed by atoms with van der Waals surface area (Å²) in [5.41, 5.74) is 0. The second kappa shape index (κ2) is 10.4. The summed E-state index contributed by atoms with van der Waals surface area (Å²) < 4.78 is 18.5. The number of aryl methyl sites for hydroxylation is 1. The predicted molar refractivity (Wildman–Crippen MR) is 105 cm³/mol. The molecule has 0 aliphatic rings. The Balaban J connectivity index is 0.00000264. The fraction of sp³-hybridized carbons (Fsp3) is 0.312. The van der Waals surface area contributed by atoms with Crippen molar-refractivity contribution in [3.05, 3.63) is 52.0 Å². The van der Waals surface area contributed by atoms with Gasteiger partial charge in [0.05, 0.1) is 13.1 Å². The van der Waals surface area contributed by atoms with Crippen LogP contribution in [0.15, 0.2) is 41.4 Å². The summed E-state index contributed by atoms with van der Waals surface area (Å²) in [6.45, 7) is 3.84. The number of ether oxygens (including phenoxy) is 1. The summed E-state index contributed by atoms with van der Waals surface area (Å²) in [5.74, 6) is 0.946. The van der Waals surface area contributed by atoms with Crippen LogP contribution < -0.4 is 15.4 Å². The summed E-state index contributed by atoms with van der Waals surface area (Å²) in [5, 5.41) is 6.40. The van der Waals surface area contributed by atoms with E-state index in [-0.39, 0.29) is 29.8 Å². The van der Waals surface area contributed by atoms with Crippen LogP contribution in [0.2, 0.25) is 0 Å². The zero-order valence-electron chi connectivity index (χ0n) is 13.1. The fourth-order valence-corrected chi connectivity index (χ4v) is 2.70. The SMILES string of the molecule is CN=C(NCCOc1cccc(F)c1)NCc1ccc(C)s1.I. The minimum Gasteiger partial charge on any atom is -0.492 e. The van der Waals surface area contributed by atoms with E-state index in [9.17, 15) is 4.39 Å². The number of benzene rings is 1. The van der Waals surface area contributed by atoms with Gasteiger partial charge in [-0.3, -0.25) is 4.99 Å². The number of nitrogens with zero attached hydrogens (tertiary/aromatic N) is 1. The van der Waals surface area contributed by atoms with Crippen LogP contribution in [-0.4, -0.2) is 26.2 Å². The van der Waals surface area contributed by atoms with Gasteiger partial charge in [-0.2, -0.15) is 0 Å². The first kappa shape index (κ1) is 19.7. The Morgan fingerprint density at radius 1 is 1.26 bits per heavy atom. The summed E-state index contributed by atoms with van der Waals surface area (Å²) in [6.07, 6.45) is 0. The van der Waals surface area contributed by atoms with Crippen molar-refractivity contribution in [2.75, 3.05) is 20.2 Å². The standard InChI is InChI=1S/C16H20FN3OS.HI/c1-12-6-7-15(22-12)11-20-16(18-2)19-8-9-21-14-5-3-4-13(17)10-14;/h3-7,10H,8-9,11H2,1-2H3,(H2,18,19,20);1H. The maximum atomic E-state index is 13.0. The number of halogens is 2. The molecule has 0 fully saturated rings. The molecule has 126 valence electrons. The van der Waals surface area contributed by atoms with Gasteiger partial charge in [0.2, 0.25) is 0 Å². The average Bonchev–Trinajstić information content (AvgIpc) is 2.92. The largest absolute Gasteiger partial charge is 0.492 e. The Kier molecular flexibility index (Phi) is 8.93. The van der Waals surface area contributed by atoms with Gasteiger partial charge in [0.15, 0.2) is 5.96 Å². The molecule has 0 atom stereocenters. The molecule has 2 rings (SSSR count). The second-order valence-electron chi connectivity index (χ2n) is 4.67. The van der Waals surface area contributed by atoms with Crippen LogP contribution in [0.5, 0.6) is 5.75 Å². The topological polar surface area (TPSA) is 45.7 Å². The highest BCUT2D eigenvalue weighted by atomic mass is 127. The first-order valence-corrected chi connectivity index (χ1v) is 7.87. The molecule has 1 aromatic carbocycles. The van der Waals surface area contributed by atoms with E-state index >= 15 is 0 Å². The number of hydrogen-bond donors (Lipinski definition) is 2. The molecule has 7 heteroatoms. The van der Waals surface area contributed by atoms with Crippen molar-refractivity contribution in [1.29, 1.82) is 0 Å². The van der Waals surface area contributed by atoms with Gasteiger partial charge in [-0.05, 0) is 31.2 Å². The van der Waals surface area contributed by atoms with Crippen LogP contribution in [0.25, 0.3) is 0 Å².